The first-order valence-corrected chi connectivity index (χ1v) is 6.19. The van der Waals surface area contributed by atoms with E-state index in [-0.39, 0.29) is 17.6 Å². The predicted molar refractivity (Wildman–Crippen MR) is 65.1 cm³/mol. The molecule has 4 nitrogen and oxygen atoms in total. The molecule has 0 heterocycles. The van der Waals surface area contributed by atoms with Crippen LogP contribution in [0.15, 0.2) is 18.2 Å². The summed E-state index contributed by atoms with van der Waals surface area (Å²) in [4.78, 5) is 10.8. The minimum atomic E-state index is -0.761. The third-order valence-corrected chi connectivity index (χ3v) is 3.39. The summed E-state index contributed by atoms with van der Waals surface area (Å²) in [7, 11) is 0. The second-order valence-electron chi connectivity index (χ2n) is 4.68. The molecule has 1 saturated carbocycles. The van der Waals surface area contributed by atoms with Crippen molar-refractivity contribution in [1.29, 1.82) is 5.26 Å². The lowest BCUT2D eigenvalue weighted by molar-refractivity contribution is -0.143. The number of ether oxygens (including phenoxy) is 1. The van der Waals surface area contributed by atoms with E-state index < -0.39 is 11.8 Å². The maximum absolute atomic E-state index is 13.4. The molecule has 1 fully saturated rings. The second kappa shape index (κ2) is 5.70. The van der Waals surface area contributed by atoms with E-state index in [1.54, 1.807) is 12.1 Å². The lowest BCUT2D eigenvalue weighted by Crippen LogP contribution is -2.27. The van der Waals surface area contributed by atoms with Crippen molar-refractivity contribution in [1.82, 2.24) is 0 Å². The van der Waals surface area contributed by atoms with E-state index in [4.69, 9.17) is 15.1 Å². The fourth-order valence-corrected chi connectivity index (χ4v) is 2.28. The molecule has 0 amide bonds. The zero-order valence-electron chi connectivity index (χ0n) is 10.3. The van der Waals surface area contributed by atoms with Crippen molar-refractivity contribution in [2.75, 3.05) is 0 Å². The highest BCUT2D eigenvalue weighted by Gasteiger charge is 2.26. The van der Waals surface area contributed by atoms with Gasteiger partial charge in [0.05, 0.1) is 17.6 Å². The van der Waals surface area contributed by atoms with Gasteiger partial charge in [-0.3, -0.25) is 4.79 Å². The first kappa shape index (κ1) is 13.3. The topological polar surface area (TPSA) is 70.3 Å². The number of hydrogen-bond donors (Lipinski definition) is 1. The number of halogens is 1. The summed E-state index contributed by atoms with van der Waals surface area (Å²) in [6.07, 6.45) is 2.39. The molecule has 0 aliphatic heterocycles. The molecule has 1 aromatic carbocycles. The van der Waals surface area contributed by atoms with Crippen LogP contribution in [0.3, 0.4) is 0 Å². The molecule has 0 aromatic heterocycles. The molecule has 0 atom stereocenters. The predicted octanol–water partition coefficient (Wildman–Crippen LogP) is 2.72. The normalized spacial score (nSPS) is 22.5. The number of hydrogen-bond acceptors (Lipinski definition) is 3. The number of carboxylic acids is 1. The van der Waals surface area contributed by atoms with Gasteiger partial charge in [-0.2, -0.15) is 5.26 Å². The lowest BCUT2D eigenvalue weighted by Gasteiger charge is -2.26. The summed E-state index contributed by atoms with van der Waals surface area (Å²) in [6, 6.07) is 5.89. The van der Waals surface area contributed by atoms with Crippen LogP contribution in [0.4, 0.5) is 4.39 Å². The SMILES string of the molecule is N#Cc1ccc(OC2CCC(C(=O)O)CC2)cc1F. The fourth-order valence-electron chi connectivity index (χ4n) is 2.28. The Morgan fingerprint density at radius 1 is 1.37 bits per heavy atom. The summed E-state index contributed by atoms with van der Waals surface area (Å²) in [6.45, 7) is 0. The van der Waals surface area contributed by atoms with Crippen molar-refractivity contribution in [2.45, 2.75) is 31.8 Å². The Bertz CT molecular complexity index is 516. The van der Waals surface area contributed by atoms with Crippen LogP contribution in [0.25, 0.3) is 0 Å². The van der Waals surface area contributed by atoms with E-state index in [9.17, 15) is 9.18 Å². The highest BCUT2D eigenvalue weighted by atomic mass is 19.1. The largest absolute Gasteiger partial charge is 0.490 e. The summed E-state index contributed by atoms with van der Waals surface area (Å²) in [5.74, 6) is -1.27. The molecule has 1 aromatic rings. The van der Waals surface area contributed by atoms with Crippen LogP contribution < -0.4 is 4.74 Å². The van der Waals surface area contributed by atoms with Gasteiger partial charge in [0, 0.05) is 6.07 Å². The van der Waals surface area contributed by atoms with Crippen LogP contribution >= 0.6 is 0 Å². The van der Waals surface area contributed by atoms with Gasteiger partial charge in [0.15, 0.2) is 0 Å². The number of nitriles is 1. The first-order chi connectivity index (χ1) is 9.10. The van der Waals surface area contributed by atoms with E-state index in [1.165, 1.54) is 12.1 Å². The van der Waals surface area contributed by atoms with Gasteiger partial charge in [0.2, 0.25) is 0 Å². The fraction of sp³-hybridized carbons (Fsp3) is 0.429. The van der Waals surface area contributed by atoms with Crippen LogP contribution in [0.1, 0.15) is 31.2 Å². The molecule has 19 heavy (non-hydrogen) atoms. The number of benzene rings is 1. The van der Waals surface area contributed by atoms with Gasteiger partial charge in [-0.05, 0) is 37.8 Å². The molecule has 0 radical (unpaired) electrons. The van der Waals surface area contributed by atoms with Crippen LogP contribution in [0.5, 0.6) is 5.75 Å². The van der Waals surface area contributed by atoms with Gasteiger partial charge in [0.25, 0.3) is 0 Å². The minimum absolute atomic E-state index is 0.0121. The number of rotatable bonds is 3. The molecule has 5 heteroatoms. The van der Waals surface area contributed by atoms with Crippen molar-refractivity contribution in [3.63, 3.8) is 0 Å². The Kier molecular flexibility index (Phi) is 4.00. The molecule has 2 rings (SSSR count). The summed E-state index contributed by atoms with van der Waals surface area (Å²) in [5.41, 5.74) is -0.0121. The monoisotopic (exact) mass is 263 g/mol. The van der Waals surface area contributed by atoms with Crippen LogP contribution in [0, 0.1) is 23.1 Å². The van der Waals surface area contributed by atoms with E-state index >= 15 is 0 Å². The minimum Gasteiger partial charge on any atom is -0.490 e. The van der Waals surface area contributed by atoms with E-state index in [0.717, 1.165) is 0 Å². The molecule has 1 aliphatic rings. The standard InChI is InChI=1S/C14H14FNO3/c15-13-7-12(6-3-10(13)8-16)19-11-4-1-9(2-5-11)14(17)18/h3,6-7,9,11H,1-2,4-5H2,(H,17,18). The van der Waals surface area contributed by atoms with Gasteiger partial charge in [-0.1, -0.05) is 0 Å². The van der Waals surface area contributed by atoms with Crippen molar-refractivity contribution in [3.05, 3.63) is 29.6 Å². The van der Waals surface area contributed by atoms with E-state index in [0.29, 0.717) is 31.4 Å². The Balaban J connectivity index is 1.94. The number of carboxylic acid groups (broad SMARTS) is 1. The zero-order valence-corrected chi connectivity index (χ0v) is 10.3. The van der Waals surface area contributed by atoms with E-state index in [1.807, 2.05) is 0 Å². The van der Waals surface area contributed by atoms with Gasteiger partial charge >= 0.3 is 5.97 Å². The van der Waals surface area contributed by atoms with Crippen LogP contribution in [-0.2, 0) is 4.79 Å². The zero-order chi connectivity index (χ0) is 13.8. The summed E-state index contributed by atoms with van der Waals surface area (Å²) >= 11 is 0. The molecule has 0 bridgehead atoms. The Morgan fingerprint density at radius 2 is 2.05 bits per heavy atom. The quantitative estimate of drug-likeness (QED) is 0.910. The van der Waals surface area contributed by atoms with Crippen molar-refractivity contribution in [3.8, 4) is 11.8 Å². The number of nitrogens with zero attached hydrogens (tertiary/aromatic N) is 1. The number of carbonyl (C=O) groups is 1. The van der Waals surface area contributed by atoms with Gasteiger partial charge in [-0.15, -0.1) is 0 Å². The lowest BCUT2D eigenvalue weighted by atomic mass is 9.87. The molecule has 1 aliphatic carbocycles. The Morgan fingerprint density at radius 3 is 2.58 bits per heavy atom. The molecule has 0 unspecified atom stereocenters. The van der Waals surface area contributed by atoms with Gasteiger partial charge in [-0.25, -0.2) is 4.39 Å². The third-order valence-electron chi connectivity index (χ3n) is 3.39. The molecule has 0 saturated heterocycles. The third kappa shape index (κ3) is 3.22. The van der Waals surface area contributed by atoms with Crippen LogP contribution in [-0.4, -0.2) is 17.2 Å². The van der Waals surface area contributed by atoms with Gasteiger partial charge < -0.3 is 9.84 Å². The highest BCUT2D eigenvalue weighted by Crippen LogP contribution is 2.28. The second-order valence-corrected chi connectivity index (χ2v) is 4.68. The van der Waals surface area contributed by atoms with Crippen molar-refractivity contribution >= 4 is 5.97 Å². The van der Waals surface area contributed by atoms with Crippen molar-refractivity contribution < 1.29 is 19.0 Å². The number of aliphatic carboxylic acids is 1. The average Bonchev–Trinajstić information content (AvgIpc) is 2.39. The first-order valence-electron chi connectivity index (χ1n) is 6.19. The molecule has 1 N–H and O–H groups in total. The Labute approximate surface area is 110 Å². The smallest absolute Gasteiger partial charge is 0.306 e. The highest BCUT2D eigenvalue weighted by molar-refractivity contribution is 5.70. The molecule has 0 spiro atoms. The van der Waals surface area contributed by atoms with Gasteiger partial charge in [0.1, 0.15) is 17.6 Å². The summed E-state index contributed by atoms with van der Waals surface area (Å²) in [5, 5.41) is 17.5. The van der Waals surface area contributed by atoms with E-state index in [2.05, 4.69) is 0 Å². The average molecular weight is 263 g/mol. The molecular formula is C14H14FNO3. The maximum atomic E-state index is 13.4. The van der Waals surface area contributed by atoms with Crippen molar-refractivity contribution in [2.24, 2.45) is 5.92 Å². The molecular weight excluding hydrogens is 249 g/mol. The Hall–Kier alpha value is -2.09. The summed E-state index contributed by atoms with van der Waals surface area (Å²) < 4.78 is 19.0. The maximum Gasteiger partial charge on any atom is 0.306 e. The van der Waals surface area contributed by atoms with Crippen LogP contribution in [0.2, 0.25) is 0 Å². The molecule has 100 valence electrons.